The van der Waals surface area contributed by atoms with Gasteiger partial charge in [0.15, 0.2) is 0 Å². The van der Waals surface area contributed by atoms with E-state index in [1.165, 1.54) is 6.92 Å². The zero-order valence-electron chi connectivity index (χ0n) is 14.7. The first-order valence-electron chi connectivity index (χ1n) is 7.53. The van der Waals surface area contributed by atoms with Crippen LogP contribution in [0, 0.1) is 0 Å². The second-order valence-electron chi connectivity index (χ2n) is 4.13. The first-order chi connectivity index (χ1) is 10.5. The van der Waals surface area contributed by atoms with Crippen molar-refractivity contribution in [3.05, 3.63) is 0 Å². The van der Waals surface area contributed by atoms with Crippen molar-refractivity contribution in [3.63, 3.8) is 0 Å². The average molecular weight is 326 g/mol. The van der Waals surface area contributed by atoms with E-state index in [4.69, 9.17) is 19.7 Å². The Labute approximate surface area is 134 Å². The molecule has 0 amide bonds. The number of esters is 1. The number of methoxy groups -OCH3 is 1. The molecule has 1 unspecified atom stereocenters. The fourth-order valence-corrected chi connectivity index (χ4v) is 0.942. The Bertz CT molecular complexity index is 194. The summed E-state index contributed by atoms with van der Waals surface area (Å²) < 4.78 is 19.2. The lowest BCUT2D eigenvalue weighted by atomic mass is 10.4. The molecule has 7 nitrogen and oxygen atoms in total. The highest BCUT2D eigenvalue weighted by atomic mass is 16.6. The third-order valence-corrected chi connectivity index (χ3v) is 1.83. The summed E-state index contributed by atoms with van der Waals surface area (Å²) >= 11 is 0. The number of aliphatic hydroxyl groups excluding tert-OH is 2. The molecule has 0 saturated heterocycles. The highest BCUT2D eigenvalue weighted by Crippen LogP contribution is 1.92. The molecular weight excluding hydrogens is 292 g/mol. The van der Waals surface area contributed by atoms with Crippen LogP contribution >= 0.6 is 0 Å². The van der Waals surface area contributed by atoms with Gasteiger partial charge in [0, 0.05) is 27.2 Å². The smallest absolute Gasteiger partial charge is 0.302 e. The number of hydrogen-bond donors (Lipinski definition) is 2. The van der Waals surface area contributed by atoms with Crippen LogP contribution in [0.2, 0.25) is 0 Å². The normalized spacial score (nSPS) is 10.7. The highest BCUT2D eigenvalue weighted by molar-refractivity contribution is 5.66. The summed E-state index contributed by atoms with van der Waals surface area (Å²) in [4.78, 5) is 10.4. The fourth-order valence-electron chi connectivity index (χ4n) is 0.942. The van der Waals surface area contributed by atoms with Gasteiger partial charge in [-0.25, -0.2) is 0 Å². The van der Waals surface area contributed by atoms with Gasteiger partial charge >= 0.3 is 5.97 Å². The lowest BCUT2D eigenvalue weighted by molar-refractivity contribution is -0.148. The third-order valence-electron chi connectivity index (χ3n) is 1.83. The lowest BCUT2D eigenvalue weighted by Crippen LogP contribution is -2.18. The van der Waals surface area contributed by atoms with Gasteiger partial charge in [0.25, 0.3) is 0 Å². The van der Waals surface area contributed by atoms with E-state index in [1.54, 1.807) is 7.11 Å². The second kappa shape index (κ2) is 25.2. The number of ether oxygens (including phenoxy) is 4. The van der Waals surface area contributed by atoms with Crippen molar-refractivity contribution in [2.24, 2.45) is 0 Å². The number of rotatable bonds is 10. The predicted molar refractivity (Wildman–Crippen MR) is 84.9 cm³/mol. The van der Waals surface area contributed by atoms with Gasteiger partial charge in [-0.2, -0.15) is 0 Å². The third kappa shape index (κ3) is 36.5. The van der Waals surface area contributed by atoms with E-state index in [-0.39, 0.29) is 25.3 Å². The summed E-state index contributed by atoms with van der Waals surface area (Å²) in [5.41, 5.74) is 0. The predicted octanol–water partition coefficient (Wildman–Crippen LogP) is 1.00. The minimum absolute atomic E-state index is 0.0278. The monoisotopic (exact) mass is 326 g/mol. The molecule has 0 fully saturated rings. The van der Waals surface area contributed by atoms with Crippen LogP contribution in [0.15, 0.2) is 0 Å². The maximum Gasteiger partial charge on any atom is 0.302 e. The van der Waals surface area contributed by atoms with Gasteiger partial charge in [0.2, 0.25) is 0 Å². The molecule has 0 bridgehead atoms. The molecule has 0 aromatic heterocycles. The highest BCUT2D eigenvalue weighted by Gasteiger charge is 2.03. The largest absolute Gasteiger partial charge is 0.460 e. The van der Waals surface area contributed by atoms with Gasteiger partial charge in [-0.15, -0.1) is 0 Å². The van der Waals surface area contributed by atoms with Crippen LogP contribution in [0.4, 0.5) is 0 Å². The van der Waals surface area contributed by atoms with Crippen LogP contribution in [0.1, 0.15) is 34.1 Å². The van der Waals surface area contributed by atoms with Crippen molar-refractivity contribution < 1.29 is 34.0 Å². The molecule has 0 aromatic carbocycles. The summed E-state index contributed by atoms with van der Waals surface area (Å²) in [7, 11) is 1.68. The Morgan fingerprint density at radius 1 is 1.05 bits per heavy atom. The molecule has 2 N–H and O–H groups in total. The molecule has 1 atom stereocenters. The summed E-state index contributed by atoms with van der Waals surface area (Å²) in [6, 6.07) is 0. The minimum Gasteiger partial charge on any atom is -0.460 e. The molecule has 0 aliphatic heterocycles. The molecular formula is C15H34O7. The van der Waals surface area contributed by atoms with Crippen molar-refractivity contribution in [3.8, 4) is 0 Å². The topological polar surface area (TPSA) is 94.5 Å². The zero-order chi connectivity index (χ0) is 17.6. The van der Waals surface area contributed by atoms with Gasteiger partial charge in [0.1, 0.15) is 6.10 Å². The molecule has 136 valence electrons. The van der Waals surface area contributed by atoms with Crippen LogP contribution in [0.3, 0.4) is 0 Å². The molecule has 0 radical (unpaired) electrons. The van der Waals surface area contributed by atoms with Gasteiger partial charge < -0.3 is 29.2 Å². The zero-order valence-corrected chi connectivity index (χ0v) is 14.7. The summed E-state index contributed by atoms with van der Waals surface area (Å²) in [5.74, 6) is -0.252. The first-order valence-corrected chi connectivity index (χ1v) is 7.53. The fraction of sp³-hybridized carbons (Fsp3) is 0.933. The minimum atomic E-state index is -0.252. The van der Waals surface area contributed by atoms with Gasteiger partial charge in [0.05, 0.1) is 33.0 Å². The van der Waals surface area contributed by atoms with Crippen LogP contribution in [-0.2, 0) is 23.7 Å². The molecule has 0 spiro atoms. The molecule has 0 saturated carbocycles. The summed E-state index contributed by atoms with van der Waals surface area (Å²) in [6.45, 7) is 9.95. The van der Waals surface area contributed by atoms with Crippen LogP contribution in [0.5, 0.6) is 0 Å². The average Bonchev–Trinajstić information content (AvgIpc) is 2.48. The van der Waals surface area contributed by atoms with E-state index in [9.17, 15) is 4.79 Å². The van der Waals surface area contributed by atoms with Crippen molar-refractivity contribution >= 4 is 5.97 Å². The van der Waals surface area contributed by atoms with Crippen molar-refractivity contribution in [2.45, 2.75) is 40.2 Å². The van der Waals surface area contributed by atoms with Gasteiger partial charge in [-0.3, -0.25) is 4.79 Å². The summed E-state index contributed by atoms with van der Waals surface area (Å²) in [6.07, 6.45) is 0.867. The molecule has 7 heteroatoms. The first kappa shape index (κ1) is 26.2. The summed E-state index contributed by atoms with van der Waals surface area (Å²) in [5, 5.41) is 16.2. The maximum atomic E-state index is 10.4. The molecule has 0 aliphatic rings. The molecule has 0 heterocycles. The van der Waals surface area contributed by atoms with Crippen molar-refractivity contribution in [1.82, 2.24) is 0 Å². The van der Waals surface area contributed by atoms with Gasteiger partial charge in [-0.1, -0.05) is 6.92 Å². The van der Waals surface area contributed by atoms with E-state index in [1.807, 2.05) is 20.8 Å². The quantitative estimate of drug-likeness (QED) is 0.457. The Morgan fingerprint density at radius 3 is 1.86 bits per heavy atom. The van der Waals surface area contributed by atoms with E-state index in [0.717, 1.165) is 19.6 Å². The van der Waals surface area contributed by atoms with E-state index in [2.05, 4.69) is 9.47 Å². The molecule has 0 aromatic rings. The Morgan fingerprint density at radius 2 is 1.55 bits per heavy atom. The lowest BCUT2D eigenvalue weighted by Gasteiger charge is -2.11. The molecule has 0 rings (SSSR count). The van der Waals surface area contributed by atoms with Crippen LogP contribution in [-0.4, -0.2) is 75.6 Å². The van der Waals surface area contributed by atoms with Crippen molar-refractivity contribution in [1.29, 1.82) is 0 Å². The Hall–Kier alpha value is -0.730. The van der Waals surface area contributed by atoms with Gasteiger partial charge in [-0.05, 0) is 20.3 Å². The molecule has 0 aliphatic carbocycles. The van der Waals surface area contributed by atoms with E-state index < -0.39 is 0 Å². The SMILES string of the molecule is CCCOCC(C)OC(C)=O.CCOC.OCCOCCO. The number of aliphatic hydroxyl groups is 2. The van der Waals surface area contributed by atoms with Crippen molar-refractivity contribution in [2.75, 3.05) is 53.4 Å². The Kier molecular flexibility index (Phi) is 30.0. The van der Waals surface area contributed by atoms with E-state index >= 15 is 0 Å². The number of carbonyl (C=O) groups is 1. The number of carbonyl (C=O) groups excluding carboxylic acids is 1. The molecule has 22 heavy (non-hydrogen) atoms. The standard InChI is InChI=1S/C8H16O3.C4H10O3.C3H8O/c1-4-5-10-6-7(2)11-8(3)9;5-1-3-7-4-2-6;1-3-4-2/h7H,4-6H2,1-3H3;5-6H,1-4H2;3H2,1-2H3. The van der Waals surface area contributed by atoms with Crippen LogP contribution < -0.4 is 0 Å². The van der Waals surface area contributed by atoms with Crippen LogP contribution in [0.25, 0.3) is 0 Å². The Balaban J connectivity index is -0.000000280. The van der Waals surface area contributed by atoms with E-state index in [0.29, 0.717) is 19.8 Å². The number of hydrogen-bond acceptors (Lipinski definition) is 7. The maximum absolute atomic E-state index is 10.4. The second-order valence-corrected chi connectivity index (χ2v) is 4.13.